The van der Waals surface area contributed by atoms with E-state index in [1.54, 1.807) is 23.7 Å². The lowest BCUT2D eigenvalue weighted by molar-refractivity contribution is 0.431. The van der Waals surface area contributed by atoms with Crippen LogP contribution in [0.2, 0.25) is 0 Å². The summed E-state index contributed by atoms with van der Waals surface area (Å²) in [5.74, 6) is 0.0519. The molecule has 0 fully saturated rings. The zero-order valence-corrected chi connectivity index (χ0v) is 13.7. The lowest BCUT2D eigenvalue weighted by Gasteiger charge is -2.00. The van der Waals surface area contributed by atoms with Crippen molar-refractivity contribution in [3.63, 3.8) is 0 Å². The van der Waals surface area contributed by atoms with Crippen LogP contribution in [-0.2, 0) is 0 Å². The van der Waals surface area contributed by atoms with E-state index >= 15 is 0 Å². The highest BCUT2D eigenvalue weighted by molar-refractivity contribution is 9.10. The van der Waals surface area contributed by atoms with E-state index in [2.05, 4.69) is 49.6 Å². The van der Waals surface area contributed by atoms with Gasteiger partial charge < -0.3 is 5.11 Å². The van der Waals surface area contributed by atoms with Crippen molar-refractivity contribution in [3.05, 3.63) is 58.6 Å². The van der Waals surface area contributed by atoms with Gasteiger partial charge in [-0.15, -0.1) is 11.3 Å². The van der Waals surface area contributed by atoms with Crippen LogP contribution < -0.4 is 0 Å². The van der Waals surface area contributed by atoms with Gasteiger partial charge in [0.1, 0.15) is 0 Å². The fourth-order valence-electron chi connectivity index (χ4n) is 2.33. The van der Waals surface area contributed by atoms with Crippen LogP contribution in [0.3, 0.4) is 0 Å². The highest BCUT2D eigenvalue weighted by Gasteiger charge is 2.14. The Hall–Kier alpha value is -2.18. The Balaban J connectivity index is 1.84. The van der Waals surface area contributed by atoms with Crippen LogP contribution in [0.4, 0.5) is 0 Å². The van der Waals surface area contributed by atoms with Crippen LogP contribution in [-0.4, -0.2) is 19.7 Å². The number of benzene rings is 1. The van der Waals surface area contributed by atoms with E-state index in [9.17, 15) is 5.11 Å². The number of aromatic hydroxyl groups is 1. The first-order valence-corrected chi connectivity index (χ1v) is 8.27. The molecule has 0 saturated heterocycles. The topological polar surface area (TPSA) is 50.4 Å². The summed E-state index contributed by atoms with van der Waals surface area (Å²) in [5, 5.41) is 16.4. The van der Waals surface area contributed by atoms with E-state index in [1.165, 1.54) is 15.6 Å². The second-order valence-electron chi connectivity index (χ2n) is 4.79. The average Bonchev–Trinajstić information content (AvgIpc) is 3.18. The third kappa shape index (κ3) is 2.12. The maximum Gasteiger partial charge on any atom is 0.230 e. The predicted molar refractivity (Wildman–Crippen MR) is 91.1 cm³/mol. The van der Waals surface area contributed by atoms with Gasteiger partial charge in [-0.1, -0.05) is 30.3 Å². The van der Waals surface area contributed by atoms with Crippen molar-refractivity contribution in [2.45, 2.75) is 0 Å². The second-order valence-corrected chi connectivity index (χ2v) is 6.55. The van der Waals surface area contributed by atoms with Gasteiger partial charge in [-0.25, -0.2) is 4.98 Å². The maximum absolute atomic E-state index is 10.0. The standard InChI is InChI=1S/C16H10BrN3OS/c17-13-8-18-15-12(7-19-20(15)16(13)21)14-6-11(9-22-14)10-4-2-1-3-5-10/h1-9,21H. The summed E-state index contributed by atoms with van der Waals surface area (Å²) in [7, 11) is 0. The molecule has 0 amide bonds. The first kappa shape index (κ1) is 13.5. The normalized spacial score (nSPS) is 11.1. The average molecular weight is 372 g/mol. The Morgan fingerprint density at radius 2 is 1.91 bits per heavy atom. The Morgan fingerprint density at radius 3 is 2.73 bits per heavy atom. The number of hydrogen-bond acceptors (Lipinski definition) is 4. The summed E-state index contributed by atoms with van der Waals surface area (Å²) in [6.45, 7) is 0. The van der Waals surface area contributed by atoms with Crippen molar-refractivity contribution in [1.82, 2.24) is 14.6 Å². The first-order valence-electron chi connectivity index (χ1n) is 6.59. The molecule has 1 N–H and O–H groups in total. The Kier molecular flexibility index (Phi) is 3.20. The molecular weight excluding hydrogens is 362 g/mol. The minimum atomic E-state index is 0.0519. The monoisotopic (exact) mass is 371 g/mol. The van der Waals surface area contributed by atoms with Gasteiger partial charge in [-0.2, -0.15) is 9.61 Å². The van der Waals surface area contributed by atoms with Gasteiger partial charge >= 0.3 is 0 Å². The van der Waals surface area contributed by atoms with Gasteiger partial charge in [-0.05, 0) is 38.5 Å². The minimum absolute atomic E-state index is 0.0519. The second kappa shape index (κ2) is 5.23. The Labute approximate surface area is 138 Å². The molecule has 3 heterocycles. The largest absolute Gasteiger partial charge is 0.492 e. The molecule has 1 aromatic carbocycles. The van der Waals surface area contributed by atoms with Crippen LogP contribution in [0.15, 0.2) is 58.6 Å². The Morgan fingerprint density at radius 1 is 1.09 bits per heavy atom. The van der Waals surface area contributed by atoms with Crippen LogP contribution in [0.25, 0.3) is 27.2 Å². The molecule has 4 nitrogen and oxygen atoms in total. The molecule has 108 valence electrons. The number of thiophene rings is 1. The van der Waals surface area contributed by atoms with Crippen molar-refractivity contribution in [1.29, 1.82) is 0 Å². The summed E-state index contributed by atoms with van der Waals surface area (Å²) in [5.41, 5.74) is 3.90. The molecule has 4 rings (SSSR count). The minimum Gasteiger partial charge on any atom is -0.492 e. The number of nitrogens with zero attached hydrogens (tertiary/aromatic N) is 3. The zero-order chi connectivity index (χ0) is 15.1. The number of fused-ring (bicyclic) bond motifs is 1. The van der Waals surface area contributed by atoms with E-state index in [1.807, 2.05) is 18.2 Å². The van der Waals surface area contributed by atoms with Crippen molar-refractivity contribution in [2.75, 3.05) is 0 Å². The molecule has 0 radical (unpaired) electrons. The van der Waals surface area contributed by atoms with Crippen molar-refractivity contribution in [2.24, 2.45) is 0 Å². The molecule has 0 saturated carbocycles. The molecule has 3 aromatic heterocycles. The van der Waals surface area contributed by atoms with Crippen molar-refractivity contribution >= 4 is 32.9 Å². The van der Waals surface area contributed by atoms with Gasteiger partial charge in [0.05, 0.1) is 16.2 Å². The smallest absolute Gasteiger partial charge is 0.230 e. The van der Waals surface area contributed by atoms with Crippen LogP contribution in [0, 0.1) is 0 Å². The molecule has 0 aliphatic carbocycles. The number of aromatic nitrogens is 3. The predicted octanol–water partition coefficient (Wildman–Crippen LogP) is 4.59. The van der Waals surface area contributed by atoms with Gasteiger partial charge in [0.25, 0.3) is 0 Å². The number of halogens is 1. The van der Waals surface area contributed by atoms with E-state index < -0.39 is 0 Å². The van der Waals surface area contributed by atoms with Crippen molar-refractivity contribution < 1.29 is 5.11 Å². The van der Waals surface area contributed by atoms with E-state index in [0.717, 1.165) is 10.4 Å². The third-order valence-corrected chi connectivity index (χ3v) is 4.95. The van der Waals surface area contributed by atoms with E-state index in [0.29, 0.717) is 10.1 Å². The molecule has 4 aromatic rings. The van der Waals surface area contributed by atoms with Crippen LogP contribution in [0.5, 0.6) is 5.88 Å². The van der Waals surface area contributed by atoms with Gasteiger partial charge in [0.2, 0.25) is 5.88 Å². The summed E-state index contributed by atoms with van der Waals surface area (Å²) in [6.07, 6.45) is 3.32. The summed E-state index contributed by atoms with van der Waals surface area (Å²) in [6, 6.07) is 12.4. The van der Waals surface area contributed by atoms with Crippen molar-refractivity contribution in [3.8, 4) is 27.4 Å². The lowest BCUT2D eigenvalue weighted by Crippen LogP contribution is -1.91. The Bertz CT molecular complexity index is 962. The fourth-order valence-corrected chi connectivity index (χ4v) is 3.53. The molecule has 0 atom stereocenters. The molecule has 0 aliphatic rings. The first-order chi connectivity index (χ1) is 10.7. The highest BCUT2D eigenvalue weighted by Crippen LogP contribution is 2.35. The summed E-state index contributed by atoms with van der Waals surface area (Å²) < 4.78 is 1.95. The fraction of sp³-hybridized carbons (Fsp3) is 0. The van der Waals surface area contributed by atoms with Gasteiger partial charge in [-0.3, -0.25) is 0 Å². The van der Waals surface area contributed by atoms with E-state index in [-0.39, 0.29) is 5.88 Å². The highest BCUT2D eigenvalue weighted by atomic mass is 79.9. The molecule has 0 aliphatic heterocycles. The summed E-state index contributed by atoms with van der Waals surface area (Å²) in [4.78, 5) is 5.43. The lowest BCUT2D eigenvalue weighted by atomic mass is 10.1. The summed E-state index contributed by atoms with van der Waals surface area (Å²) >= 11 is 4.89. The number of hydrogen-bond donors (Lipinski definition) is 1. The molecule has 22 heavy (non-hydrogen) atoms. The number of rotatable bonds is 2. The SMILES string of the molecule is Oc1c(Br)cnc2c(-c3cc(-c4ccccc4)cs3)cnn12. The zero-order valence-electron chi connectivity index (χ0n) is 11.3. The van der Waals surface area contributed by atoms with Crippen LogP contribution >= 0.6 is 27.3 Å². The van der Waals surface area contributed by atoms with E-state index in [4.69, 9.17) is 0 Å². The molecule has 0 unspecified atom stereocenters. The molecular formula is C16H10BrN3OS. The molecule has 0 spiro atoms. The molecule has 6 heteroatoms. The third-order valence-electron chi connectivity index (χ3n) is 3.43. The van der Waals surface area contributed by atoms with Crippen LogP contribution in [0.1, 0.15) is 0 Å². The van der Waals surface area contributed by atoms with Gasteiger partial charge in [0.15, 0.2) is 5.65 Å². The van der Waals surface area contributed by atoms with Gasteiger partial charge in [0, 0.05) is 11.1 Å². The quantitative estimate of drug-likeness (QED) is 0.560. The molecule has 0 bridgehead atoms. The maximum atomic E-state index is 10.0.